The zero-order valence-corrected chi connectivity index (χ0v) is 12.5. The first-order valence-corrected chi connectivity index (χ1v) is 8.02. The third-order valence-electron chi connectivity index (χ3n) is 4.53. The minimum absolute atomic E-state index is 0.0703. The van der Waals surface area contributed by atoms with Crippen LogP contribution in [-0.2, 0) is 4.74 Å². The van der Waals surface area contributed by atoms with Gasteiger partial charge in [0.25, 0.3) is 0 Å². The fraction of sp³-hybridized carbons (Fsp3) is 0.933. The number of nitrogens with one attached hydrogen (secondary N) is 1. The molecule has 5 heteroatoms. The molecule has 116 valence electrons. The zero-order chi connectivity index (χ0) is 14.4. The van der Waals surface area contributed by atoms with Crippen LogP contribution >= 0.6 is 0 Å². The average Bonchev–Trinajstić information content (AvgIpc) is 2.47. The molecule has 1 heterocycles. The fourth-order valence-electron chi connectivity index (χ4n) is 3.16. The smallest absolute Gasteiger partial charge is 0.409 e. The number of rotatable bonds is 4. The Labute approximate surface area is 121 Å². The summed E-state index contributed by atoms with van der Waals surface area (Å²) in [6.45, 7) is 4.93. The van der Waals surface area contributed by atoms with Gasteiger partial charge in [-0.2, -0.15) is 0 Å². The number of likely N-dealkylation sites (tertiary alicyclic amines) is 1. The standard InChI is InChI=1S/C15H28N2O3/c1-2-20-15(19)17-9-7-13(8-10-17)16-11-12-3-5-14(18)6-4-12/h12-14,16,18H,2-11H2,1H3. The quantitative estimate of drug-likeness (QED) is 0.825. The zero-order valence-electron chi connectivity index (χ0n) is 12.5. The van der Waals surface area contributed by atoms with Gasteiger partial charge in [-0.25, -0.2) is 4.79 Å². The maximum absolute atomic E-state index is 11.6. The Morgan fingerprint density at radius 1 is 1.20 bits per heavy atom. The Kier molecular flexibility index (Phi) is 6.10. The normalized spacial score (nSPS) is 28.4. The van der Waals surface area contributed by atoms with Crippen LogP contribution in [0.15, 0.2) is 0 Å². The number of carbonyl (C=O) groups is 1. The highest BCUT2D eigenvalue weighted by molar-refractivity contribution is 5.67. The van der Waals surface area contributed by atoms with Gasteiger partial charge in [-0.1, -0.05) is 0 Å². The van der Waals surface area contributed by atoms with Gasteiger partial charge in [0, 0.05) is 19.1 Å². The maximum Gasteiger partial charge on any atom is 0.409 e. The number of hydrogen-bond acceptors (Lipinski definition) is 4. The monoisotopic (exact) mass is 284 g/mol. The second-order valence-corrected chi connectivity index (χ2v) is 6.04. The topological polar surface area (TPSA) is 61.8 Å². The van der Waals surface area contributed by atoms with Gasteiger partial charge in [0.05, 0.1) is 12.7 Å². The molecule has 0 radical (unpaired) electrons. The van der Waals surface area contributed by atoms with Crippen molar-refractivity contribution in [1.29, 1.82) is 0 Å². The predicted molar refractivity (Wildman–Crippen MR) is 77.6 cm³/mol. The molecule has 0 bridgehead atoms. The molecule has 1 saturated heterocycles. The minimum atomic E-state index is -0.174. The van der Waals surface area contributed by atoms with E-state index in [1.54, 1.807) is 4.90 Å². The van der Waals surface area contributed by atoms with Crippen LogP contribution in [0.4, 0.5) is 4.79 Å². The number of amides is 1. The second-order valence-electron chi connectivity index (χ2n) is 6.04. The van der Waals surface area contributed by atoms with Gasteiger partial charge in [-0.05, 0) is 57.9 Å². The number of piperidine rings is 1. The molecular formula is C15H28N2O3. The molecule has 2 rings (SSSR count). The van der Waals surface area contributed by atoms with E-state index in [1.807, 2.05) is 6.92 Å². The predicted octanol–water partition coefficient (Wildman–Crippen LogP) is 1.75. The van der Waals surface area contributed by atoms with E-state index in [0.717, 1.165) is 58.2 Å². The lowest BCUT2D eigenvalue weighted by Gasteiger charge is -2.33. The molecule has 0 aromatic heterocycles. The molecule has 0 aromatic carbocycles. The first-order valence-electron chi connectivity index (χ1n) is 8.02. The van der Waals surface area contributed by atoms with E-state index < -0.39 is 0 Å². The summed E-state index contributed by atoms with van der Waals surface area (Å²) in [4.78, 5) is 13.4. The van der Waals surface area contributed by atoms with E-state index in [1.165, 1.54) is 0 Å². The summed E-state index contributed by atoms with van der Waals surface area (Å²) in [5.74, 6) is 0.710. The third-order valence-corrected chi connectivity index (χ3v) is 4.53. The van der Waals surface area contributed by atoms with Crippen LogP contribution in [0, 0.1) is 5.92 Å². The summed E-state index contributed by atoms with van der Waals surface area (Å²) in [5, 5.41) is 13.1. The van der Waals surface area contributed by atoms with Crippen LogP contribution < -0.4 is 5.32 Å². The van der Waals surface area contributed by atoms with Crippen LogP contribution in [0.3, 0.4) is 0 Å². The molecule has 2 N–H and O–H groups in total. The molecule has 1 amide bonds. The summed E-state index contributed by atoms with van der Waals surface area (Å²) in [6.07, 6.45) is 5.95. The maximum atomic E-state index is 11.6. The molecule has 1 saturated carbocycles. The first-order chi connectivity index (χ1) is 9.69. The molecule has 0 unspecified atom stereocenters. The number of nitrogens with zero attached hydrogens (tertiary/aromatic N) is 1. The Hall–Kier alpha value is -0.810. The summed E-state index contributed by atoms with van der Waals surface area (Å²) in [6, 6.07) is 0.521. The van der Waals surface area contributed by atoms with Gasteiger partial charge < -0.3 is 20.1 Å². The molecule has 5 nitrogen and oxygen atoms in total. The Morgan fingerprint density at radius 2 is 1.85 bits per heavy atom. The molecule has 1 aliphatic carbocycles. The van der Waals surface area contributed by atoms with Crippen molar-refractivity contribution in [3.05, 3.63) is 0 Å². The highest BCUT2D eigenvalue weighted by Gasteiger charge is 2.25. The molecule has 2 aliphatic rings. The summed E-state index contributed by atoms with van der Waals surface area (Å²) >= 11 is 0. The summed E-state index contributed by atoms with van der Waals surface area (Å²) in [7, 11) is 0. The molecule has 2 fully saturated rings. The summed E-state index contributed by atoms with van der Waals surface area (Å²) < 4.78 is 5.02. The van der Waals surface area contributed by atoms with Crippen LogP contribution in [0.1, 0.15) is 45.4 Å². The minimum Gasteiger partial charge on any atom is -0.450 e. The molecule has 0 spiro atoms. The van der Waals surface area contributed by atoms with E-state index in [0.29, 0.717) is 18.6 Å². The van der Waals surface area contributed by atoms with Crippen molar-refractivity contribution in [2.75, 3.05) is 26.2 Å². The largest absolute Gasteiger partial charge is 0.450 e. The number of aliphatic hydroxyl groups is 1. The van der Waals surface area contributed by atoms with Crippen molar-refractivity contribution >= 4 is 6.09 Å². The van der Waals surface area contributed by atoms with Gasteiger partial charge in [-0.3, -0.25) is 0 Å². The van der Waals surface area contributed by atoms with Gasteiger partial charge in [0.15, 0.2) is 0 Å². The van der Waals surface area contributed by atoms with Crippen molar-refractivity contribution in [3.8, 4) is 0 Å². The van der Waals surface area contributed by atoms with Crippen molar-refractivity contribution in [2.24, 2.45) is 5.92 Å². The SMILES string of the molecule is CCOC(=O)N1CCC(NCC2CCC(O)CC2)CC1. The second kappa shape index (κ2) is 7.84. The van der Waals surface area contributed by atoms with E-state index in [4.69, 9.17) is 4.74 Å². The van der Waals surface area contributed by atoms with Gasteiger partial charge in [0.1, 0.15) is 0 Å². The summed E-state index contributed by atoms with van der Waals surface area (Å²) in [5.41, 5.74) is 0. The van der Waals surface area contributed by atoms with E-state index in [2.05, 4.69) is 5.32 Å². The van der Waals surface area contributed by atoms with Gasteiger partial charge in [0.2, 0.25) is 0 Å². The lowest BCUT2D eigenvalue weighted by molar-refractivity contribution is 0.0923. The van der Waals surface area contributed by atoms with Gasteiger partial charge >= 0.3 is 6.09 Å². The van der Waals surface area contributed by atoms with Crippen molar-refractivity contribution < 1.29 is 14.6 Å². The Balaban J connectivity index is 1.61. The van der Waals surface area contributed by atoms with Crippen molar-refractivity contribution in [1.82, 2.24) is 10.2 Å². The lowest BCUT2D eigenvalue weighted by Crippen LogP contribution is -2.46. The lowest BCUT2D eigenvalue weighted by atomic mass is 9.87. The van der Waals surface area contributed by atoms with Crippen LogP contribution in [0.5, 0.6) is 0 Å². The highest BCUT2D eigenvalue weighted by atomic mass is 16.6. The molecule has 0 atom stereocenters. The molecule has 0 aromatic rings. The fourth-order valence-corrected chi connectivity index (χ4v) is 3.16. The van der Waals surface area contributed by atoms with E-state index in [9.17, 15) is 9.90 Å². The van der Waals surface area contributed by atoms with Crippen molar-refractivity contribution in [3.63, 3.8) is 0 Å². The Morgan fingerprint density at radius 3 is 2.45 bits per heavy atom. The molecule has 1 aliphatic heterocycles. The number of carbonyl (C=O) groups excluding carboxylic acids is 1. The molecular weight excluding hydrogens is 256 g/mol. The molecule has 20 heavy (non-hydrogen) atoms. The Bertz CT molecular complexity index is 295. The number of ether oxygens (including phenoxy) is 1. The van der Waals surface area contributed by atoms with Crippen LogP contribution in [-0.4, -0.2) is 54.5 Å². The number of hydrogen-bond donors (Lipinski definition) is 2. The first kappa shape index (κ1) is 15.6. The van der Waals surface area contributed by atoms with Crippen LogP contribution in [0.2, 0.25) is 0 Å². The van der Waals surface area contributed by atoms with Gasteiger partial charge in [-0.15, -0.1) is 0 Å². The average molecular weight is 284 g/mol. The van der Waals surface area contributed by atoms with E-state index in [-0.39, 0.29) is 12.2 Å². The third kappa shape index (κ3) is 4.63. The van der Waals surface area contributed by atoms with E-state index >= 15 is 0 Å². The highest BCUT2D eigenvalue weighted by Crippen LogP contribution is 2.24. The van der Waals surface area contributed by atoms with Crippen LogP contribution in [0.25, 0.3) is 0 Å². The van der Waals surface area contributed by atoms with Crippen molar-refractivity contribution in [2.45, 2.75) is 57.6 Å². The number of aliphatic hydroxyl groups excluding tert-OH is 1.